The van der Waals surface area contributed by atoms with Crippen LogP contribution in [-0.2, 0) is 31.8 Å². The molecule has 0 radical (unpaired) electrons. The highest BCUT2D eigenvalue weighted by molar-refractivity contribution is 7.98. The fraction of sp³-hybridized carbons (Fsp3) is 0.435. The second kappa shape index (κ2) is 11.6. The number of imidazole rings is 1. The average Bonchev–Trinajstić information content (AvgIpc) is 3.25. The second-order valence-electron chi connectivity index (χ2n) is 8.10. The smallest absolute Gasteiger partial charge is 0.243 e. The number of aromatic nitrogens is 2. The zero-order valence-corrected chi connectivity index (χ0v) is 21.4. The summed E-state index contributed by atoms with van der Waals surface area (Å²) in [7, 11) is -3.80. The van der Waals surface area contributed by atoms with Crippen molar-refractivity contribution in [1.82, 2.24) is 13.9 Å². The number of rotatable bonds is 10. The lowest BCUT2D eigenvalue weighted by Crippen LogP contribution is -2.40. The van der Waals surface area contributed by atoms with E-state index in [1.54, 1.807) is 10.6 Å². The molecule has 1 saturated heterocycles. The molecule has 37 heavy (non-hydrogen) atoms. The van der Waals surface area contributed by atoms with E-state index in [2.05, 4.69) is 4.98 Å². The largest absolute Gasteiger partial charge is 0.382 e. The lowest BCUT2D eigenvalue weighted by molar-refractivity contribution is 0.0730. The van der Waals surface area contributed by atoms with Gasteiger partial charge in [-0.3, -0.25) is 0 Å². The maximum Gasteiger partial charge on any atom is 0.243 e. The van der Waals surface area contributed by atoms with Crippen molar-refractivity contribution in [1.29, 1.82) is 0 Å². The Morgan fingerprint density at radius 1 is 1.03 bits per heavy atom. The molecule has 3 aromatic rings. The summed E-state index contributed by atoms with van der Waals surface area (Å²) >= 11 is 0.782. The number of nitrogens with zero attached hydrogens (tertiary/aromatic N) is 3. The van der Waals surface area contributed by atoms with Gasteiger partial charge in [0.2, 0.25) is 15.8 Å². The van der Waals surface area contributed by atoms with Crippen LogP contribution in [0.2, 0.25) is 0 Å². The third kappa shape index (κ3) is 5.62. The van der Waals surface area contributed by atoms with Gasteiger partial charge in [0.25, 0.3) is 0 Å². The van der Waals surface area contributed by atoms with Gasteiger partial charge in [0.05, 0.1) is 29.1 Å². The second-order valence-corrected chi connectivity index (χ2v) is 11.0. The van der Waals surface area contributed by atoms with Crippen LogP contribution in [0, 0.1) is 29.1 Å². The summed E-state index contributed by atoms with van der Waals surface area (Å²) in [4.78, 5) is 4.46. The number of hydrogen-bond donors (Lipinski definition) is 0. The molecule has 0 amide bonds. The van der Waals surface area contributed by atoms with Crippen molar-refractivity contribution in [2.24, 2.45) is 0 Å². The van der Waals surface area contributed by atoms with Crippen molar-refractivity contribution < 1.29 is 39.8 Å². The van der Waals surface area contributed by atoms with Crippen molar-refractivity contribution in [3.63, 3.8) is 0 Å². The van der Waals surface area contributed by atoms with E-state index in [9.17, 15) is 30.4 Å². The number of benzene rings is 2. The molecule has 2 heterocycles. The minimum atomic E-state index is -3.80. The Morgan fingerprint density at radius 2 is 1.68 bits per heavy atom. The normalized spacial score (nSPS) is 15.1. The molecule has 1 aliphatic rings. The zero-order valence-electron chi connectivity index (χ0n) is 19.8. The van der Waals surface area contributed by atoms with Gasteiger partial charge in [-0.25, -0.2) is 35.4 Å². The molecular formula is C23H24F5N3O4S2. The molecule has 1 aromatic heterocycles. The minimum absolute atomic E-state index is 0.0252. The molecule has 0 aliphatic carbocycles. The SMILES string of the molecule is CCOCCCn1c(SCc2c(F)c(F)c(F)c(F)c2F)nc2cc(S(=O)(=O)N3CCOCC3)ccc21. The molecule has 4 rings (SSSR count). The summed E-state index contributed by atoms with van der Waals surface area (Å²) in [5.41, 5.74) is -0.104. The van der Waals surface area contributed by atoms with Crippen LogP contribution in [0.5, 0.6) is 0 Å². The monoisotopic (exact) mass is 565 g/mol. The van der Waals surface area contributed by atoms with Crippen LogP contribution in [0.15, 0.2) is 28.3 Å². The first-order valence-corrected chi connectivity index (χ1v) is 13.9. The van der Waals surface area contributed by atoms with E-state index in [-0.39, 0.29) is 36.4 Å². The molecule has 7 nitrogen and oxygen atoms in total. The Balaban J connectivity index is 1.68. The van der Waals surface area contributed by atoms with Crippen molar-refractivity contribution in [2.75, 3.05) is 39.5 Å². The van der Waals surface area contributed by atoms with Crippen LogP contribution in [0.4, 0.5) is 22.0 Å². The first kappa shape index (κ1) is 27.8. The zero-order chi connectivity index (χ0) is 26.7. The minimum Gasteiger partial charge on any atom is -0.382 e. The summed E-state index contributed by atoms with van der Waals surface area (Å²) in [5, 5.41) is 0.233. The molecule has 0 atom stereocenters. The van der Waals surface area contributed by atoms with Gasteiger partial charge in [0, 0.05) is 44.2 Å². The number of thioether (sulfide) groups is 1. The number of aryl methyl sites for hydroxylation is 1. The van der Waals surface area contributed by atoms with Gasteiger partial charge in [-0.15, -0.1) is 0 Å². The van der Waals surface area contributed by atoms with Crippen LogP contribution in [0.25, 0.3) is 11.0 Å². The quantitative estimate of drug-likeness (QED) is 0.119. The Morgan fingerprint density at radius 3 is 2.32 bits per heavy atom. The van der Waals surface area contributed by atoms with Gasteiger partial charge in [-0.2, -0.15) is 4.31 Å². The van der Waals surface area contributed by atoms with Crippen molar-refractivity contribution in [2.45, 2.75) is 35.7 Å². The van der Waals surface area contributed by atoms with E-state index in [1.165, 1.54) is 16.4 Å². The molecule has 0 saturated carbocycles. The van der Waals surface area contributed by atoms with Crippen LogP contribution in [0.3, 0.4) is 0 Å². The fourth-order valence-electron chi connectivity index (χ4n) is 3.89. The number of ether oxygens (including phenoxy) is 2. The average molecular weight is 566 g/mol. The molecule has 1 fully saturated rings. The first-order chi connectivity index (χ1) is 17.7. The highest BCUT2D eigenvalue weighted by Crippen LogP contribution is 2.32. The van der Waals surface area contributed by atoms with E-state index in [0.29, 0.717) is 37.2 Å². The van der Waals surface area contributed by atoms with Gasteiger partial charge < -0.3 is 14.0 Å². The van der Waals surface area contributed by atoms with Crippen LogP contribution in [0.1, 0.15) is 18.9 Å². The Kier molecular flexibility index (Phi) is 8.74. The van der Waals surface area contributed by atoms with Crippen LogP contribution in [-0.4, -0.2) is 61.8 Å². The topological polar surface area (TPSA) is 73.7 Å². The summed E-state index contributed by atoms with van der Waals surface area (Å²) < 4.78 is 109. The molecule has 1 aliphatic heterocycles. The van der Waals surface area contributed by atoms with Crippen molar-refractivity contribution in [3.05, 3.63) is 52.8 Å². The third-order valence-corrected chi connectivity index (χ3v) is 8.71. The lowest BCUT2D eigenvalue weighted by Gasteiger charge is -2.26. The predicted octanol–water partition coefficient (Wildman–Crippen LogP) is 4.47. The Bertz CT molecular complexity index is 1370. The van der Waals surface area contributed by atoms with Gasteiger partial charge in [0.1, 0.15) is 0 Å². The van der Waals surface area contributed by atoms with Crippen LogP contribution < -0.4 is 0 Å². The fourth-order valence-corrected chi connectivity index (χ4v) is 6.36. The number of halogens is 5. The molecule has 0 bridgehead atoms. The van der Waals surface area contributed by atoms with Gasteiger partial charge in [-0.05, 0) is 31.5 Å². The standard InChI is InChI=1S/C23H24F5N3O4S2/c1-2-34-9-3-6-31-17-5-4-14(37(32,33)30-7-10-35-11-8-30)12-16(17)29-23(31)36-13-15-18(24)20(26)22(28)21(27)19(15)25/h4-5,12H,2-3,6-11,13H2,1H3. The molecule has 14 heteroatoms. The number of fused-ring (bicyclic) bond motifs is 1. The Labute approximate surface area is 214 Å². The summed E-state index contributed by atoms with van der Waals surface area (Å²) in [6, 6.07) is 4.44. The van der Waals surface area contributed by atoms with E-state index < -0.39 is 50.4 Å². The molecule has 0 N–H and O–H groups in total. The van der Waals surface area contributed by atoms with Crippen LogP contribution >= 0.6 is 11.8 Å². The highest BCUT2D eigenvalue weighted by Gasteiger charge is 2.28. The third-order valence-electron chi connectivity index (χ3n) is 5.81. The Hall–Kier alpha value is -2.26. The number of hydrogen-bond acceptors (Lipinski definition) is 6. The van der Waals surface area contributed by atoms with E-state index in [4.69, 9.17) is 9.47 Å². The number of morpholine rings is 1. The molecule has 202 valence electrons. The van der Waals surface area contributed by atoms with Gasteiger partial charge >= 0.3 is 0 Å². The highest BCUT2D eigenvalue weighted by atomic mass is 32.2. The predicted molar refractivity (Wildman–Crippen MR) is 126 cm³/mol. The van der Waals surface area contributed by atoms with E-state index >= 15 is 0 Å². The molecular weight excluding hydrogens is 541 g/mol. The summed E-state index contributed by atoms with van der Waals surface area (Å²) in [5.74, 6) is -10.6. The summed E-state index contributed by atoms with van der Waals surface area (Å²) in [6.45, 7) is 4.14. The molecule has 0 spiro atoms. The van der Waals surface area contributed by atoms with E-state index in [0.717, 1.165) is 11.8 Å². The van der Waals surface area contributed by atoms with Crippen molar-refractivity contribution in [3.8, 4) is 0 Å². The maximum absolute atomic E-state index is 14.2. The lowest BCUT2D eigenvalue weighted by atomic mass is 10.2. The first-order valence-electron chi connectivity index (χ1n) is 11.5. The van der Waals surface area contributed by atoms with Crippen molar-refractivity contribution >= 4 is 32.8 Å². The maximum atomic E-state index is 14.2. The van der Waals surface area contributed by atoms with Gasteiger partial charge in [-0.1, -0.05) is 11.8 Å². The van der Waals surface area contributed by atoms with Gasteiger partial charge in [0.15, 0.2) is 28.4 Å². The summed E-state index contributed by atoms with van der Waals surface area (Å²) in [6.07, 6.45) is 0.545. The van der Waals surface area contributed by atoms with E-state index in [1.807, 2.05) is 6.92 Å². The molecule has 2 aromatic carbocycles. The number of sulfonamides is 1. The molecule has 0 unspecified atom stereocenters.